The van der Waals surface area contributed by atoms with Crippen molar-refractivity contribution in [3.8, 4) is 5.75 Å². The van der Waals surface area contributed by atoms with Crippen molar-refractivity contribution in [2.24, 2.45) is 11.7 Å². The Morgan fingerprint density at radius 1 is 1.28 bits per heavy atom. The molecule has 0 radical (unpaired) electrons. The average Bonchev–Trinajstić information content (AvgIpc) is 2.48. The van der Waals surface area contributed by atoms with Gasteiger partial charge < -0.3 is 20.7 Å². The Labute approximate surface area is 163 Å². The molecule has 144 valence electrons. The Hall–Kier alpha value is -1.01. The van der Waals surface area contributed by atoms with Crippen LogP contribution in [0.25, 0.3) is 0 Å². The SMILES string of the molecule is CN(C)CCOc1ccc(NC(=O)C2CCCCC2(C)N)cc1.Cl.Cl. The van der Waals surface area contributed by atoms with Gasteiger partial charge in [-0.3, -0.25) is 4.79 Å². The van der Waals surface area contributed by atoms with Crippen molar-refractivity contribution in [2.75, 3.05) is 32.6 Å². The van der Waals surface area contributed by atoms with Crippen molar-refractivity contribution >= 4 is 36.4 Å². The summed E-state index contributed by atoms with van der Waals surface area (Å²) in [6, 6.07) is 7.51. The summed E-state index contributed by atoms with van der Waals surface area (Å²) in [4.78, 5) is 14.6. The van der Waals surface area contributed by atoms with Crippen LogP contribution in [0.1, 0.15) is 32.6 Å². The molecule has 0 bridgehead atoms. The van der Waals surface area contributed by atoms with Gasteiger partial charge in [-0.15, -0.1) is 24.8 Å². The minimum Gasteiger partial charge on any atom is -0.492 e. The second kappa shape index (κ2) is 10.9. The van der Waals surface area contributed by atoms with Crippen molar-refractivity contribution < 1.29 is 9.53 Å². The molecule has 1 fully saturated rings. The first kappa shape index (κ1) is 24.0. The first-order chi connectivity index (χ1) is 10.9. The zero-order valence-electron chi connectivity index (χ0n) is 15.3. The fourth-order valence-corrected chi connectivity index (χ4v) is 3.00. The van der Waals surface area contributed by atoms with Crippen LogP contribution in [0.4, 0.5) is 5.69 Å². The number of hydrogen-bond acceptors (Lipinski definition) is 4. The van der Waals surface area contributed by atoms with Gasteiger partial charge >= 0.3 is 0 Å². The minimum absolute atomic E-state index is 0. The molecular weight excluding hydrogens is 361 g/mol. The van der Waals surface area contributed by atoms with Crippen LogP contribution in [0, 0.1) is 5.92 Å². The molecule has 1 saturated carbocycles. The number of anilines is 1. The molecule has 1 aliphatic carbocycles. The third-order valence-electron chi connectivity index (χ3n) is 4.50. The maximum Gasteiger partial charge on any atom is 0.229 e. The Morgan fingerprint density at radius 2 is 1.92 bits per heavy atom. The van der Waals surface area contributed by atoms with Crippen LogP contribution in [0.5, 0.6) is 5.75 Å². The number of amides is 1. The number of nitrogens with two attached hydrogens (primary N) is 1. The number of rotatable bonds is 6. The summed E-state index contributed by atoms with van der Waals surface area (Å²) in [7, 11) is 4.02. The van der Waals surface area contributed by atoms with Gasteiger partial charge in [0.2, 0.25) is 5.91 Å². The van der Waals surface area contributed by atoms with Crippen LogP contribution in [0.2, 0.25) is 0 Å². The van der Waals surface area contributed by atoms with E-state index in [2.05, 4.69) is 10.2 Å². The highest BCUT2D eigenvalue weighted by molar-refractivity contribution is 5.93. The number of carbonyl (C=O) groups excluding carboxylic acids is 1. The molecule has 2 unspecified atom stereocenters. The maximum atomic E-state index is 12.5. The lowest BCUT2D eigenvalue weighted by Crippen LogP contribution is -2.51. The molecule has 0 aromatic heterocycles. The number of nitrogens with one attached hydrogen (secondary N) is 1. The topological polar surface area (TPSA) is 67.6 Å². The molecule has 1 amide bonds. The lowest BCUT2D eigenvalue weighted by Gasteiger charge is -2.37. The third kappa shape index (κ3) is 7.40. The van der Waals surface area contributed by atoms with Crippen molar-refractivity contribution in [2.45, 2.75) is 38.1 Å². The molecule has 3 N–H and O–H groups in total. The smallest absolute Gasteiger partial charge is 0.229 e. The Morgan fingerprint density at radius 3 is 2.48 bits per heavy atom. The number of nitrogens with zero attached hydrogens (tertiary/aromatic N) is 1. The Balaban J connectivity index is 0.00000288. The van der Waals surface area contributed by atoms with Crippen molar-refractivity contribution in [3.05, 3.63) is 24.3 Å². The zero-order valence-corrected chi connectivity index (χ0v) is 16.9. The van der Waals surface area contributed by atoms with E-state index in [-0.39, 0.29) is 36.6 Å². The highest BCUT2D eigenvalue weighted by Gasteiger charge is 2.37. The number of halogens is 2. The average molecular weight is 392 g/mol. The summed E-state index contributed by atoms with van der Waals surface area (Å²) in [5.74, 6) is 0.717. The summed E-state index contributed by atoms with van der Waals surface area (Å²) in [6.07, 6.45) is 3.95. The normalized spacial score (nSPS) is 22.5. The molecule has 0 spiro atoms. The summed E-state index contributed by atoms with van der Waals surface area (Å²) in [6.45, 7) is 3.50. The molecule has 1 aromatic carbocycles. The van der Waals surface area contributed by atoms with Crippen LogP contribution >= 0.6 is 24.8 Å². The van der Waals surface area contributed by atoms with Gasteiger partial charge in [-0.05, 0) is 58.1 Å². The summed E-state index contributed by atoms with van der Waals surface area (Å²) in [5, 5.41) is 2.99. The quantitative estimate of drug-likeness (QED) is 0.780. The fourth-order valence-electron chi connectivity index (χ4n) is 3.00. The molecule has 2 atom stereocenters. The monoisotopic (exact) mass is 391 g/mol. The first-order valence-electron chi connectivity index (χ1n) is 8.36. The van der Waals surface area contributed by atoms with Gasteiger partial charge in [0.1, 0.15) is 12.4 Å². The van der Waals surface area contributed by atoms with E-state index in [0.29, 0.717) is 6.61 Å². The van der Waals surface area contributed by atoms with Gasteiger partial charge in [-0.1, -0.05) is 12.8 Å². The largest absolute Gasteiger partial charge is 0.492 e. The van der Waals surface area contributed by atoms with E-state index in [1.165, 1.54) is 0 Å². The van der Waals surface area contributed by atoms with Crippen LogP contribution in [0.3, 0.4) is 0 Å². The van der Waals surface area contributed by atoms with E-state index >= 15 is 0 Å². The number of benzene rings is 1. The zero-order chi connectivity index (χ0) is 16.9. The van der Waals surface area contributed by atoms with Crippen molar-refractivity contribution in [3.63, 3.8) is 0 Å². The predicted molar refractivity (Wildman–Crippen MR) is 108 cm³/mol. The van der Waals surface area contributed by atoms with Crippen LogP contribution < -0.4 is 15.8 Å². The van der Waals surface area contributed by atoms with E-state index in [4.69, 9.17) is 10.5 Å². The van der Waals surface area contributed by atoms with E-state index in [1.807, 2.05) is 45.3 Å². The summed E-state index contributed by atoms with van der Waals surface area (Å²) >= 11 is 0. The molecule has 0 heterocycles. The molecular formula is C18H31Cl2N3O2. The Kier molecular flexibility index (Phi) is 10.4. The number of likely N-dealkylation sites (N-methyl/N-ethyl adjacent to an activating group) is 1. The second-order valence-corrected chi connectivity index (χ2v) is 6.97. The standard InChI is InChI=1S/C18H29N3O2.2ClH/c1-18(19)11-5-4-6-16(18)17(22)20-14-7-9-15(10-8-14)23-13-12-21(2)3;;/h7-10,16H,4-6,11-13,19H2,1-3H3,(H,20,22);2*1H. The number of hydrogen-bond donors (Lipinski definition) is 2. The minimum atomic E-state index is -0.405. The van der Waals surface area contributed by atoms with E-state index in [9.17, 15) is 4.79 Å². The first-order valence-corrected chi connectivity index (χ1v) is 8.36. The summed E-state index contributed by atoms with van der Waals surface area (Å²) < 4.78 is 5.65. The Bertz CT molecular complexity index is 522. The van der Waals surface area contributed by atoms with E-state index in [1.54, 1.807) is 0 Å². The molecule has 0 saturated heterocycles. The molecule has 1 aromatic rings. The molecule has 7 heteroatoms. The molecule has 25 heavy (non-hydrogen) atoms. The maximum absolute atomic E-state index is 12.5. The van der Waals surface area contributed by atoms with Gasteiger partial charge in [0, 0.05) is 17.8 Å². The third-order valence-corrected chi connectivity index (χ3v) is 4.50. The summed E-state index contributed by atoms with van der Waals surface area (Å²) in [5.41, 5.74) is 6.68. The molecule has 1 aliphatic rings. The molecule has 2 rings (SSSR count). The van der Waals surface area contributed by atoms with Gasteiger partial charge in [0.25, 0.3) is 0 Å². The van der Waals surface area contributed by atoms with Crippen LogP contribution in [-0.2, 0) is 4.79 Å². The fraction of sp³-hybridized carbons (Fsp3) is 0.611. The number of ether oxygens (including phenoxy) is 1. The van der Waals surface area contributed by atoms with Crippen molar-refractivity contribution in [1.82, 2.24) is 4.90 Å². The van der Waals surface area contributed by atoms with Gasteiger partial charge in [0.05, 0.1) is 5.92 Å². The second-order valence-electron chi connectivity index (χ2n) is 6.97. The highest BCUT2D eigenvalue weighted by atomic mass is 35.5. The molecule has 5 nitrogen and oxygen atoms in total. The number of carbonyl (C=O) groups is 1. The van der Waals surface area contributed by atoms with Crippen molar-refractivity contribution in [1.29, 1.82) is 0 Å². The van der Waals surface area contributed by atoms with Crippen LogP contribution in [0.15, 0.2) is 24.3 Å². The lowest BCUT2D eigenvalue weighted by molar-refractivity contribution is -0.122. The van der Waals surface area contributed by atoms with Gasteiger partial charge in [-0.2, -0.15) is 0 Å². The molecule has 0 aliphatic heterocycles. The highest BCUT2D eigenvalue weighted by Crippen LogP contribution is 2.32. The van der Waals surface area contributed by atoms with Gasteiger partial charge in [-0.25, -0.2) is 0 Å². The van der Waals surface area contributed by atoms with E-state index < -0.39 is 5.54 Å². The van der Waals surface area contributed by atoms with Gasteiger partial charge in [0.15, 0.2) is 0 Å². The van der Waals surface area contributed by atoms with Crippen LogP contribution in [-0.4, -0.2) is 43.6 Å². The predicted octanol–water partition coefficient (Wildman–Crippen LogP) is 3.32. The van der Waals surface area contributed by atoms with E-state index in [0.717, 1.165) is 43.7 Å². The lowest BCUT2D eigenvalue weighted by atomic mass is 9.74.